The number of amides is 3. The van der Waals surface area contributed by atoms with Gasteiger partial charge < -0.3 is 15.1 Å². The lowest BCUT2D eigenvalue weighted by Crippen LogP contribution is -2.56. The third kappa shape index (κ3) is 5.67. The van der Waals surface area contributed by atoms with Crippen LogP contribution in [0.5, 0.6) is 0 Å². The maximum absolute atomic E-state index is 13.0. The molecule has 2 aliphatic rings. The second-order valence-corrected chi connectivity index (χ2v) is 8.88. The van der Waals surface area contributed by atoms with Gasteiger partial charge in [0.1, 0.15) is 6.04 Å². The molecule has 2 saturated heterocycles. The normalized spacial score (nSPS) is 22.6. The zero-order valence-electron chi connectivity index (χ0n) is 17.6. The van der Waals surface area contributed by atoms with Crippen molar-refractivity contribution in [1.29, 1.82) is 0 Å². The Morgan fingerprint density at radius 1 is 1.07 bits per heavy atom. The van der Waals surface area contributed by atoms with E-state index in [-0.39, 0.29) is 29.8 Å². The Morgan fingerprint density at radius 3 is 2.26 bits per heavy atom. The number of nitrogens with one attached hydrogen (secondary N) is 1. The monoisotopic (exact) mass is 380 g/mol. The van der Waals surface area contributed by atoms with Crippen LogP contribution in [-0.4, -0.2) is 83.8 Å². The Bertz CT molecular complexity index is 550. The van der Waals surface area contributed by atoms with Crippen molar-refractivity contribution in [3.8, 4) is 0 Å². The van der Waals surface area contributed by atoms with Crippen molar-refractivity contribution in [2.75, 3.05) is 39.3 Å². The summed E-state index contributed by atoms with van der Waals surface area (Å²) < 4.78 is 0. The molecule has 0 aromatic carbocycles. The number of rotatable bonds is 5. The van der Waals surface area contributed by atoms with Crippen LogP contribution in [0.2, 0.25) is 0 Å². The molecule has 0 radical (unpaired) electrons. The van der Waals surface area contributed by atoms with E-state index in [1.807, 2.05) is 39.5 Å². The second kappa shape index (κ2) is 9.04. The molecule has 2 heterocycles. The van der Waals surface area contributed by atoms with E-state index in [9.17, 15) is 14.4 Å². The third-order valence-corrected chi connectivity index (χ3v) is 5.51. The van der Waals surface area contributed by atoms with Crippen LogP contribution in [0.15, 0.2) is 0 Å². The van der Waals surface area contributed by atoms with Crippen LogP contribution in [0.4, 0.5) is 0 Å². The van der Waals surface area contributed by atoms with Crippen molar-refractivity contribution < 1.29 is 14.4 Å². The van der Waals surface area contributed by atoms with E-state index in [1.54, 1.807) is 4.90 Å². The first kappa shape index (κ1) is 21.7. The smallest absolute Gasteiger partial charge is 0.245 e. The molecule has 1 N–H and O–H groups in total. The zero-order chi connectivity index (χ0) is 20.2. The molecule has 2 rings (SSSR count). The molecule has 2 fully saturated rings. The highest BCUT2D eigenvalue weighted by Crippen LogP contribution is 2.26. The van der Waals surface area contributed by atoms with E-state index in [0.29, 0.717) is 39.3 Å². The van der Waals surface area contributed by atoms with Crippen LogP contribution >= 0.6 is 0 Å². The lowest BCUT2D eigenvalue weighted by atomic mass is 9.94. The van der Waals surface area contributed by atoms with Crippen molar-refractivity contribution in [3.05, 3.63) is 0 Å². The van der Waals surface area contributed by atoms with Crippen molar-refractivity contribution in [2.24, 2.45) is 5.41 Å². The number of piperazine rings is 1. The molecule has 3 amide bonds. The summed E-state index contributed by atoms with van der Waals surface area (Å²) in [5.41, 5.74) is -0.468. The van der Waals surface area contributed by atoms with Crippen molar-refractivity contribution >= 4 is 17.7 Å². The van der Waals surface area contributed by atoms with Crippen molar-refractivity contribution in [2.45, 2.75) is 66.0 Å². The van der Waals surface area contributed by atoms with Crippen molar-refractivity contribution in [3.63, 3.8) is 0 Å². The molecule has 0 aliphatic carbocycles. The average molecular weight is 381 g/mol. The van der Waals surface area contributed by atoms with Crippen LogP contribution < -0.4 is 5.32 Å². The van der Waals surface area contributed by atoms with Crippen LogP contribution in [0.1, 0.15) is 53.9 Å². The van der Waals surface area contributed by atoms with Gasteiger partial charge in [0.25, 0.3) is 0 Å². The summed E-state index contributed by atoms with van der Waals surface area (Å²) >= 11 is 0. The number of nitrogens with zero attached hydrogens (tertiary/aromatic N) is 3. The lowest BCUT2D eigenvalue weighted by Gasteiger charge is -2.38. The largest absolute Gasteiger partial charge is 0.353 e. The molecule has 0 saturated carbocycles. The van der Waals surface area contributed by atoms with E-state index in [1.165, 1.54) is 0 Å². The SMILES string of the molecule is CCC(C)NC(=O)CN1CCN(C(=O)C2CCCN2C(=O)C(C)(C)C)CC1. The van der Waals surface area contributed by atoms with Gasteiger partial charge >= 0.3 is 0 Å². The van der Waals surface area contributed by atoms with E-state index < -0.39 is 5.41 Å². The van der Waals surface area contributed by atoms with Crippen LogP contribution in [0, 0.1) is 5.41 Å². The molecular weight excluding hydrogens is 344 g/mol. The predicted octanol–water partition coefficient (Wildman–Crippen LogP) is 1.08. The van der Waals surface area contributed by atoms with Gasteiger partial charge in [0, 0.05) is 44.2 Å². The number of hydrogen-bond donors (Lipinski definition) is 1. The molecule has 2 atom stereocenters. The highest BCUT2D eigenvalue weighted by Gasteiger charge is 2.40. The van der Waals surface area contributed by atoms with Gasteiger partial charge in [-0.2, -0.15) is 0 Å². The Morgan fingerprint density at radius 2 is 1.70 bits per heavy atom. The van der Waals surface area contributed by atoms with Gasteiger partial charge in [0.15, 0.2) is 0 Å². The summed E-state index contributed by atoms with van der Waals surface area (Å²) in [5.74, 6) is 0.161. The quantitative estimate of drug-likeness (QED) is 0.775. The second-order valence-electron chi connectivity index (χ2n) is 8.88. The van der Waals surface area contributed by atoms with Gasteiger partial charge in [0.05, 0.1) is 6.54 Å². The fourth-order valence-electron chi connectivity index (χ4n) is 3.66. The molecule has 0 spiro atoms. The molecule has 0 aromatic heterocycles. The molecule has 2 unspecified atom stereocenters. The van der Waals surface area contributed by atoms with Gasteiger partial charge in [-0.05, 0) is 26.2 Å². The lowest BCUT2D eigenvalue weighted by molar-refractivity contribution is -0.149. The first-order valence-electron chi connectivity index (χ1n) is 10.2. The number of likely N-dealkylation sites (tertiary alicyclic amines) is 1. The number of carbonyl (C=O) groups excluding carboxylic acids is 3. The molecule has 0 aromatic rings. The Kier molecular flexibility index (Phi) is 7.25. The molecule has 27 heavy (non-hydrogen) atoms. The Balaban J connectivity index is 1.85. The molecule has 2 aliphatic heterocycles. The van der Waals surface area contributed by atoms with Crippen molar-refractivity contribution in [1.82, 2.24) is 20.0 Å². The molecule has 7 heteroatoms. The van der Waals surface area contributed by atoms with Crippen LogP contribution in [0.25, 0.3) is 0 Å². The van der Waals surface area contributed by atoms with Gasteiger partial charge in [-0.3, -0.25) is 19.3 Å². The summed E-state index contributed by atoms with van der Waals surface area (Å²) in [7, 11) is 0. The molecular formula is C20H36N4O3. The summed E-state index contributed by atoms with van der Waals surface area (Å²) in [6.45, 7) is 13.4. The minimum absolute atomic E-state index is 0.0434. The minimum atomic E-state index is -0.468. The fourth-order valence-corrected chi connectivity index (χ4v) is 3.66. The molecule has 7 nitrogen and oxygen atoms in total. The first-order valence-corrected chi connectivity index (χ1v) is 10.2. The average Bonchev–Trinajstić information content (AvgIpc) is 3.09. The maximum Gasteiger partial charge on any atom is 0.245 e. The summed E-state index contributed by atoms with van der Waals surface area (Å²) in [6.07, 6.45) is 2.55. The summed E-state index contributed by atoms with van der Waals surface area (Å²) in [5, 5.41) is 2.98. The molecule has 0 bridgehead atoms. The first-order chi connectivity index (χ1) is 12.6. The third-order valence-electron chi connectivity index (χ3n) is 5.51. The van der Waals surface area contributed by atoms with E-state index >= 15 is 0 Å². The Labute approximate surface area is 163 Å². The number of carbonyl (C=O) groups is 3. The standard InChI is InChI=1S/C20H36N4O3/c1-6-15(2)21-17(25)14-22-10-12-23(13-11-22)18(26)16-8-7-9-24(16)19(27)20(3,4)5/h15-16H,6-14H2,1-5H3,(H,21,25). The van der Waals surface area contributed by atoms with Gasteiger partial charge in [0.2, 0.25) is 17.7 Å². The fraction of sp³-hybridized carbons (Fsp3) is 0.850. The minimum Gasteiger partial charge on any atom is -0.353 e. The van der Waals surface area contributed by atoms with Crippen LogP contribution in [0.3, 0.4) is 0 Å². The van der Waals surface area contributed by atoms with Gasteiger partial charge in [-0.15, -0.1) is 0 Å². The van der Waals surface area contributed by atoms with E-state index in [2.05, 4.69) is 10.2 Å². The topological polar surface area (TPSA) is 73.0 Å². The summed E-state index contributed by atoms with van der Waals surface area (Å²) in [6, 6.07) is -0.133. The maximum atomic E-state index is 13.0. The van der Waals surface area contributed by atoms with Crippen LogP contribution in [-0.2, 0) is 14.4 Å². The zero-order valence-corrected chi connectivity index (χ0v) is 17.6. The van der Waals surface area contributed by atoms with E-state index in [4.69, 9.17) is 0 Å². The highest BCUT2D eigenvalue weighted by molar-refractivity contribution is 5.90. The van der Waals surface area contributed by atoms with E-state index in [0.717, 1.165) is 19.3 Å². The van der Waals surface area contributed by atoms with Gasteiger partial charge in [-0.1, -0.05) is 27.7 Å². The Hall–Kier alpha value is -1.63. The number of hydrogen-bond acceptors (Lipinski definition) is 4. The van der Waals surface area contributed by atoms with Gasteiger partial charge in [-0.25, -0.2) is 0 Å². The molecule has 154 valence electrons. The predicted molar refractivity (Wildman–Crippen MR) is 105 cm³/mol. The highest BCUT2D eigenvalue weighted by atomic mass is 16.2. The summed E-state index contributed by atoms with van der Waals surface area (Å²) in [4.78, 5) is 43.4.